The van der Waals surface area contributed by atoms with Gasteiger partial charge in [0, 0.05) is 52.9 Å². The van der Waals surface area contributed by atoms with Crippen molar-refractivity contribution >= 4 is 22.5 Å². The molecule has 0 aliphatic carbocycles. The van der Waals surface area contributed by atoms with Crippen molar-refractivity contribution in [2.24, 2.45) is 0 Å². The molecule has 0 saturated heterocycles. The summed E-state index contributed by atoms with van der Waals surface area (Å²) < 4.78 is 2.17. The number of nitrogens with one attached hydrogen (secondary N) is 1. The lowest BCUT2D eigenvalue weighted by Crippen LogP contribution is -2.13. The number of amides is 1. The molecule has 1 N–H and O–H groups in total. The molecule has 0 aliphatic rings. The van der Waals surface area contributed by atoms with E-state index in [4.69, 9.17) is 0 Å². The maximum atomic E-state index is 12.8. The number of carbonyl (C=O) groups is 1. The molecule has 0 fully saturated rings. The summed E-state index contributed by atoms with van der Waals surface area (Å²) >= 11 is 0. The second-order valence-electron chi connectivity index (χ2n) is 6.00. The Hall–Kier alpha value is -3.47. The second-order valence-corrected chi connectivity index (χ2v) is 6.00. The van der Waals surface area contributed by atoms with Crippen molar-refractivity contribution < 1.29 is 4.79 Å². The summed E-state index contributed by atoms with van der Waals surface area (Å²) in [6.45, 7) is 3.03. The summed E-state index contributed by atoms with van der Waals surface area (Å²) in [5, 5.41) is 4.10. The molecule has 0 unspecified atom stereocenters. The molecule has 4 aromatic rings. The highest BCUT2D eigenvalue weighted by Crippen LogP contribution is 2.25. The molecule has 0 saturated carbocycles. The number of anilines is 1. The molecule has 2 heterocycles. The van der Waals surface area contributed by atoms with Gasteiger partial charge in [0.05, 0.1) is 0 Å². The van der Waals surface area contributed by atoms with Crippen molar-refractivity contribution in [3.05, 3.63) is 79.0 Å². The van der Waals surface area contributed by atoms with Crippen LogP contribution in [-0.4, -0.2) is 20.4 Å². The average Bonchev–Trinajstić information content (AvgIpc) is 3.11. The first-order valence-corrected chi connectivity index (χ1v) is 8.51. The smallest absolute Gasteiger partial charge is 0.256 e. The number of aromatic nitrogens is 3. The number of hydrogen-bond donors (Lipinski definition) is 1. The van der Waals surface area contributed by atoms with Crippen LogP contribution in [0.5, 0.6) is 0 Å². The highest BCUT2D eigenvalue weighted by atomic mass is 16.1. The number of fused-ring (bicyclic) bond motifs is 1. The minimum atomic E-state index is -0.154. The van der Waals surface area contributed by atoms with Gasteiger partial charge in [-0.1, -0.05) is 18.2 Å². The molecular weight excluding hydrogens is 324 g/mol. The van der Waals surface area contributed by atoms with Crippen molar-refractivity contribution in [1.82, 2.24) is 14.5 Å². The molecule has 0 atom stereocenters. The largest absolute Gasteiger partial charge is 0.348 e. The quantitative estimate of drug-likeness (QED) is 0.599. The normalized spacial score (nSPS) is 10.8. The lowest BCUT2D eigenvalue weighted by Gasteiger charge is -2.10. The molecule has 0 radical (unpaired) electrons. The fourth-order valence-corrected chi connectivity index (χ4v) is 3.12. The van der Waals surface area contributed by atoms with Crippen molar-refractivity contribution in [2.45, 2.75) is 13.5 Å². The van der Waals surface area contributed by atoms with Gasteiger partial charge in [-0.15, -0.1) is 0 Å². The fourth-order valence-electron chi connectivity index (χ4n) is 3.12. The van der Waals surface area contributed by atoms with E-state index in [1.165, 1.54) is 6.33 Å². The zero-order valence-electron chi connectivity index (χ0n) is 14.4. The van der Waals surface area contributed by atoms with Crippen LogP contribution >= 0.6 is 0 Å². The molecule has 128 valence electrons. The Morgan fingerprint density at radius 2 is 1.88 bits per heavy atom. The van der Waals surface area contributed by atoms with Gasteiger partial charge >= 0.3 is 0 Å². The number of benzene rings is 2. The third kappa shape index (κ3) is 2.95. The van der Waals surface area contributed by atoms with Crippen LogP contribution in [-0.2, 0) is 6.54 Å². The first-order valence-electron chi connectivity index (χ1n) is 8.51. The lowest BCUT2D eigenvalue weighted by molar-refractivity contribution is 0.102. The van der Waals surface area contributed by atoms with E-state index in [-0.39, 0.29) is 5.91 Å². The van der Waals surface area contributed by atoms with Gasteiger partial charge < -0.3 is 9.88 Å². The van der Waals surface area contributed by atoms with E-state index in [2.05, 4.69) is 39.0 Å². The predicted molar refractivity (Wildman–Crippen MR) is 103 cm³/mol. The Kier molecular flexibility index (Phi) is 4.19. The predicted octanol–water partition coefficient (Wildman–Crippen LogP) is 4.37. The summed E-state index contributed by atoms with van der Waals surface area (Å²) in [4.78, 5) is 20.9. The van der Waals surface area contributed by atoms with Gasteiger partial charge in [0.15, 0.2) is 0 Å². The van der Waals surface area contributed by atoms with Gasteiger partial charge in [-0.05, 0) is 42.8 Å². The lowest BCUT2D eigenvalue weighted by atomic mass is 10.0. The molecule has 2 aromatic heterocycles. The molecular formula is C21H18N4O. The Morgan fingerprint density at radius 3 is 2.69 bits per heavy atom. The third-order valence-electron chi connectivity index (χ3n) is 4.41. The van der Waals surface area contributed by atoms with Gasteiger partial charge in [0.1, 0.15) is 6.33 Å². The Balaban J connectivity index is 1.65. The highest BCUT2D eigenvalue weighted by Gasteiger charge is 2.13. The van der Waals surface area contributed by atoms with Gasteiger partial charge in [0.2, 0.25) is 0 Å². The summed E-state index contributed by atoms with van der Waals surface area (Å²) in [5.74, 6) is -0.154. The van der Waals surface area contributed by atoms with Crippen LogP contribution in [0, 0.1) is 0 Å². The average molecular weight is 342 g/mol. The Labute approximate surface area is 151 Å². The van der Waals surface area contributed by atoms with Crippen molar-refractivity contribution in [3.8, 4) is 11.1 Å². The molecule has 2 aromatic carbocycles. The van der Waals surface area contributed by atoms with Crippen LogP contribution in [0.1, 0.15) is 17.3 Å². The van der Waals surface area contributed by atoms with Crippen LogP contribution in [0.2, 0.25) is 0 Å². The van der Waals surface area contributed by atoms with E-state index in [1.807, 2.05) is 42.5 Å². The summed E-state index contributed by atoms with van der Waals surface area (Å²) in [6.07, 6.45) is 6.95. The van der Waals surface area contributed by atoms with E-state index >= 15 is 0 Å². The molecule has 5 nitrogen and oxygen atoms in total. The van der Waals surface area contributed by atoms with Gasteiger partial charge in [0.25, 0.3) is 5.91 Å². The first kappa shape index (κ1) is 16.0. The molecule has 0 aliphatic heterocycles. The van der Waals surface area contributed by atoms with Crippen LogP contribution in [0.4, 0.5) is 5.69 Å². The first-order chi connectivity index (χ1) is 12.8. The summed E-state index contributed by atoms with van der Waals surface area (Å²) in [6, 6.07) is 15.5. The van der Waals surface area contributed by atoms with Gasteiger partial charge in [-0.3, -0.25) is 4.79 Å². The van der Waals surface area contributed by atoms with E-state index < -0.39 is 0 Å². The number of hydrogen-bond acceptors (Lipinski definition) is 3. The Morgan fingerprint density at radius 1 is 1.08 bits per heavy atom. The van der Waals surface area contributed by atoms with E-state index in [0.717, 1.165) is 34.3 Å². The minimum Gasteiger partial charge on any atom is -0.348 e. The van der Waals surface area contributed by atoms with E-state index in [1.54, 1.807) is 12.4 Å². The summed E-state index contributed by atoms with van der Waals surface area (Å²) in [5.41, 5.74) is 4.15. The maximum Gasteiger partial charge on any atom is 0.256 e. The van der Waals surface area contributed by atoms with Crippen molar-refractivity contribution in [1.29, 1.82) is 0 Å². The molecule has 5 heteroatoms. The van der Waals surface area contributed by atoms with Crippen molar-refractivity contribution in [3.63, 3.8) is 0 Å². The second kappa shape index (κ2) is 6.80. The van der Waals surface area contributed by atoms with Gasteiger partial charge in [-0.25, -0.2) is 9.97 Å². The zero-order chi connectivity index (χ0) is 17.9. The number of carbonyl (C=O) groups excluding carboxylic acids is 1. The topological polar surface area (TPSA) is 59.8 Å². The zero-order valence-corrected chi connectivity index (χ0v) is 14.4. The molecule has 0 spiro atoms. The minimum absolute atomic E-state index is 0.154. The number of nitrogens with zero attached hydrogens (tertiary/aromatic N) is 3. The summed E-state index contributed by atoms with van der Waals surface area (Å²) in [7, 11) is 0. The molecule has 26 heavy (non-hydrogen) atoms. The molecule has 0 bridgehead atoms. The standard InChI is InChI=1S/C21H18N4O/c1-2-25-10-9-15-11-17(7-8-20(15)25)24-21(26)19-6-4-3-5-18(19)16-12-22-14-23-13-16/h3-14H,2H2,1H3,(H,24,26). The molecule has 4 rings (SSSR count). The number of rotatable bonds is 4. The monoisotopic (exact) mass is 342 g/mol. The maximum absolute atomic E-state index is 12.8. The fraction of sp³-hybridized carbons (Fsp3) is 0.0952. The van der Waals surface area contributed by atoms with E-state index in [0.29, 0.717) is 5.56 Å². The van der Waals surface area contributed by atoms with Crippen LogP contribution in [0.15, 0.2) is 73.4 Å². The van der Waals surface area contributed by atoms with E-state index in [9.17, 15) is 4.79 Å². The van der Waals surface area contributed by atoms with Crippen molar-refractivity contribution in [2.75, 3.05) is 5.32 Å². The van der Waals surface area contributed by atoms with Crippen LogP contribution < -0.4 is 5.32 Å². The number of aryl methyl sites for hydroxylation is 1. The highest BCUT2D eigenvalue weighted by molar-refractivity contribution is 6.09. The van der Waals surface area contributed by atoms with Crippen LogP contribution in [0.3, 0.4) is 0 Å². The third-order valence-corrected chi connectivity index (χ3v) is 4.41. The van der Waals surface area contributed by atoms with Crippen LogP contribution in [0.25, 0.3) is 22.0 Å². The molecule has 1 amide bonds. The SMILES string of the molecule is CCn1ccc2cc(NC(=O)c3ccccc3-c3cncnc3)ccc21. The Bertz CT molecular complexity index is 1070. The van der Waals surface area contributed by atoms with Gasteiger partial charge in [-0.2, -0.15) is 0 Å².